The van der Waals surface area contributed by atoms with E-state index in [0.29, 0.717) is 6.61 Å². The Morgan fingerprint density at radius 1 is 1.24 bits per heavy atom. The number of nitrogens with zero attached hydrogens (tertiary/aromatic N) is 1. The second-order valence-corrected chi connectivity index (χ2v) is 5.50. The topological polar surface area (TPSA) is 29.5 Å². The monoisotopic (exact) mass is 239 g/mol. The Kier molecular flexibility index (Phi) is 4.84. The fraction of sp³-hybridized carbons (Fsp3) is 0.929. The number of hydrogen-bond donors (Lipinski definition) is 0. The van der Waals surface area contributed by atoms with Gasteiger partial charge in [-0.3, -0.25) is 4.79 Å². The van der Waals surface area contributed by atoms with Gasteiger partial charge < -0.3 is 9.64 Å². The molecule has 1 heterocycles. The molecular weight excluding hydrogens is 214 g/mol. The van der Waals surface area contributed by atoms with Gasteiger partial charge in [-0.15, -0.1) is 0 Å². The Bertz CT molecular complexity index is 249. The van der Waals surface area contributed by atoms with E-state index in [2.05, 4.69) is 4.90 Å². The van der Waals surface area contributed by atoms with E-state index >= 15 is 0 Å². The van der Waals surface area contributed by atoms with Crippen molar-refractivity contribution >= 4 is 5.97 Å². The molecule has 1 saturated heterocycles. The van der Waals surface area contributed by atoms with Crippen LogP contribution in [-0.2, 0) is 9.53 Å². The third-order valence-corrected chi connectivity index (χ3v) is 4.12. The summed E-state index contributed by atoms with van der Waals surface area (Å²) >= 11 is 0. The van der Waals surface area contributed by atoms with E-state index in [0.717, 1.165) is 25.3 Å². The fourth-order valence-corrected chi connectivity index (χ4v) is 3.23. The van der Waals surface area contributed by atoms with Crippen molar-refractivity contribution in [1.29, 1.82) is 0 Å². The van der Waals surface area contributed by atoms with Gasteiger partial charge in [0.25, 0.3) is 0 Å². The van der Waals surface area contributed by atoms with Crippen LogP contribution in [-0.4, -0.2) is 37.1 Å². The highest BCUT2D eigenvalue weighted by Gasteiger charge is 2.28. The summed E-state index contributed by atoms with van der Waals surface area (Å²) in [5.41, 5.74) is 0. The first-order valence-corrected chi connectivity index (χ1v) is 7.18. The van der Waals surface area contributed by atoms with E-state index < -0.39 is 0 Å². The number of ether oxygens (including phenoxy) is 1. The van der Waals surface area contributed by atoms with Crippen molar-refractivity contribution in [2.24, 2.45) is 11.8 Å². The third-order valence-electron chi connectivity index (χ3n) is 4.12. The van der Waals surface area contributed by atoms with Gasteiger partial charge in [-0.25, -0.2) is 0 Å². The van der Waals surface area contributed by atoms with Gasteiger partial charge in [0.1, 0.15) is 0 Å². The zero-order valence-electron chi connectivity index (χ0n) is 11.0. The third kappa shape index (κ3) is 3.70. The molecule has 3 heteroatoms. The predicted octanol–water partition coefficient (Wildman–Crippen LogP) is 2.45. The lowest BCUT2D eigenvalue weighted by atomic mass is 9.96. The van der Waals surface area contributed by atoms with Crippen LogP contribution in [0.4, 0.5) is 0 Å². The molecule has 0 radical (unpaired) electrons. The largest absolute Gasteiger partial charge is 0.466 e. The number of piperidine rings is 1. The molecule has 0 bridgehead atoms. The Morgan fingerprint density at radius 3 is 2.71 bits per heavy atom. The first-order valence-electron chi connectivity index (χ1n) is 7.18. The molecule has 98 valence electrons. The summed E-state index contributed by atoms with van der Waals surface area (Å²) < 4.78 is 5.13. The van der Waals surface area contributed by atoms with Crippen LogP contribution >= 0.6 is 0 Å². The van der Waals surface area contributed by atoms with Crippen molar-refractivity contribution in [3.8, 4) is 0 Å². The molecule has 0 N–H and O–H groups in total. The smallest absolute Gasteiger partial charge is 0.310 e. The molecule has 1 atom stereocenters. The highest BCUT2D eigenvalue weighted by atomic mass is 16.5. The molecule has 0 aromatic rings. The average molecular weight is 239 g/mol. The van der Waals surface area contributed by atoms with Crippen LogP contribution in [0.1, 0.15) is 45.4 Å². The van der Waals surface area contributed by atoms with Gasteiger partial charge in [-0.2, -0.15) is 0 Å². The predicted molar refractivity (Wildman–Crippen MR) is 67.8 cm³/mol. The second kappa shape index (κ2) is 6.39. The minimum Gasteiger partial charge on any atom is -0.466 e. The maximum absolute atomic E-state index is 11.7. The minimum atomic E-state index is 0.0172. The summed E-state index contributed by atoms with van der Waals surface area (Å²) in [6, 6.07) is 0. The van der Waals surface area contributed by atoms with E-state index in [-0.39, 0.29) is 11.9 Å². The highest BCUT2D eigenvalue weighted by molar-refractivity contribution is 5.72. The molecule has 3 nitrogen and oxygen atoms in total. The number of carbonyl (C=O) groups excluding carboxylic acids is 1. The number of likely N-dealkylation sites (tertiary alicyclic amines) is 1. The van der Waals surface area contributed by atoms with Crippen LogP contribution in [0, 0.1) is 11.8 Å². The Balaban J connectivity index is 1.77. The highest BCUT2D eigenvalue weighted by Crippen LogP contribution is 2.27. The number of rotatable bonds is 4. The van der Waals surface area contributed by atoms with Crippen molar-refractivity contribution < 1.29 is 9.53 Å². The minimum absolute atomic E-state index is 0.0172. The Hall–Kier alpha value is -0.570. The van der Waals surface area contributed by atoms with Crippen LogP contribution in [0.15, 0.2) is 0 Å². The molecule has 1 aliphatic carbocycles. The van der Waals surface area contributed by atoms with Crippen molar-refractivity contribution in [2.45, 2.75) is 45.4 Å². The summed E-state index contributed by atoms with van der Waals surface area (Å²) in [6.07, 6.45) is 7.75. The van der Waals surface area contributed by atoms with Crippen molar-refractivity contribution in [3.63, 3.8) is 0 Å². The number of hydrogen-bond acceptors (Lipinski definition) is 3. The lowest BCUT2D eigenvalue weighted by Crippen LogP contribution is -2.41. The van der Waals surface area contributed by atoms with Crippen LogP contribution in [0.3, 0.4) is 0 Å². The average Bonchev–Trinajstić information content (AvgIpc) is 2.82. The zero-order valence-corrected chi connectivity index (χ0v) is 11.0. The van der Waals surface area contributed by atoms with Gasteiger partial charge in [0.15, 0.2) is 0 Å². The molecule has 2 fully saturated rings. The van der Waals surface area contributed by atoms with Crippen molar-refractivity contribution in [2.75, 3.05) is 26.2 Å². The molecule has 0 aromatic carbocycles. The summed E-state index contributed by atoms with van der Waals surface area (Å²) in [4.78, 5) is 14.2. The number of esters is 1. The van der Waals surface area contributed by atoms with E-state index in [1.165, 1.54) is 38.8 Å². The van der Waals surface area contributed by atoms with Gasteiger partial charge in [-0.05, 0) is 45.1 Å². The van der Waals surface area contributed by atoms with Crippen LogP contribution in [0.25, 0.3) is 0 Å². The Morgan fingerprint density at radius 2 is 2.00 bits per heavy atom. The summed E-state index contributed by atoms with van der Waals surface area (Å²) in [7, 11) is 0. The molecule has 0 spiro atoms. The van der Waals surface area contributed by atoms with Gasteiger partial charge in [-0.1, -0.05) is 12.8 Å². The van der Waals surface area contributed by atoms with E-state index in [1.807, 2.05) is 6.92 Å². The SMILES string of the molecule is CCOC(=O)[C@@H]1CCCN(CC2CCCC2)C1. The van der Waals surface area contributed by atoms with E-state index in [4.69, 9.17) is 4.74 Å². The van der Waals surface area contributed by atoms with Crippen LogP contribution in [0.5, 0.6) is 0 Å². The Labute approximate surface area is 105 Å². The number of carbonyl (C=O) groups is 1. The standard InChI is InChI=1S/C14H25NO2/c1-2-17-14(16)13-8-5-9-15(11-13)10-12-6-3-4-7-12/h12-13H,2-11H2,1H3/t13-/m1/s1. The molecule has 1 saturated carbocycles. The molecule has 1 aliphatic heterocycles. The molecule has 2 rings (SSSR count). The quantitative estimate of drug-likeness (QED) is 0.706. The van der Waals surface area contributed by atoms with Crippen LogP contribution in [0.2, 0.25) is 0 Å². The van der Waals surface area contributed by atoms with Gasteiger partial charge in [0.05, 0.1) is 12.5 Å². The van der Waals surface area contributed by atoms with Gasteiger partial charge in [0.2, 0.25) is 0 Å². The summed E-state index contributed by atoms with van der Waals surface area (Å²) in [5.74, 6) is 1.03. The lowest BCUT2D eigenvalue weighted by molar-refractivity contribution is -0.150. The fourth-order valence-electron chi connectivity index (χ4n) is 3.23. The van der Waals surface area contributed by atoms with Gasteiger partial charge >= 0.3 is 5.97 Å². The van der Waals surface area contributed by atoms with E-state index in [1.54, 1.807) is 0 Å². The van der Waals surface area contributed by atoms with Crippen molar-refractivity contribution in [1.82, 2.24) is 4.90 Å². The summed E-state index contributed by atoms with van der Waals surface area (Å²) in [6.45, 7) is 5.70. The molecular formula is C14H25NO2. The molecule has 17 heavy (non-hydrogen) atoms. The second-order valence-electron chi connectivity index (χ2n) is 5.50. The molecule has 0 aromatic heterocycles. The maximum Gasteiger partial charge on any atom is 0.310 e. The van der Waals surface area contributed by atoms with Crippen molar-refractivity contribution in [3.05, 3.63) is 0 Å². The first kappa shape index (κ1) is 12.9. The maximum atomic E-state index is 11.7. The van der Waals surface area contributed by atoms with Crippen LogP contribution < -0.4 is 0 Å². The van der Waals surface area contributed by atoms with E-state index in [9.17, 15) is 4.79 Å². The molecule has 0 unspecified atom stereocenters. The van der Waals surface area contributed by atoms with Gasteiger partial charge in [0, 0.05) is 13.1 Å². The lowest BCUT2D eigenvalue weighted by Gasteiger charge is -2.33. The summed E-state index contributed by atoms with van der Waals surface area (Å²) in [5, 5.41) is 0. The first-order chi connectivity index (χ1) is 8.29. The zero-order chi connectivity index (χ0) is 12.1. The molecule has 0 amide bonds. The molecule has 2 aliphatic rings. The normalized spacial score (nSPS) is 27.2.